The summed E-state index contributed by atoms with van der Waals surface area (Å²) in [5, 5.41) is 9.47. The van der Waals surface area contributed by atoms with Gasteiger partial charge in [0.2, 0.25) is 0 Å². The number of hydrogen-bond acceptors (Lipinski definition) is 7. The molecule has 2 spiro atoms. The maximum atomic E-state index is 16.3. The molecule has 4 heterocycles. The Balaban J connectivity index is 1.51. The standard InChI is InChI=1S/C32H32ClFIN5O5/c1-30(2,3)22-14-31(22)32(18-8-6-12-37-26(18)40(35-36)29(32)44)23(17-7-5-9-19(33)24(17)34)25-27(41)38(15-39(25)31)20-11-10-16(28(42)43)13-21(20)45-4/h5-13,22-23,25,40H,14-15,36H2,1-4H3,(H,42,43)/t22-,23-,25+,31+,32+/m0/s1. The molecule has 3 aromatic rings. The van der Waals surface area contributed by atoms with Crippen LogP contribution in [0.2, 0.25) is 5.02 Å². The number of halogens is 3. The Morgan fingerprint density at radius 3 is 2.62 bits per heavy atom. The number of nitrogens with zero attached hydrogens (tertiary/aromatic N) is 3. The van der Waals surface area contributed by atoms with Crippen molar-refractivity contribution in [2.75, 3.05) is 18.7 Å². The number of carboxylic acids is 1. The molecule has 2 amide bonds. The van der Waals surface area contributed by atoms with Gasteiger partial charge in [-0.15, -0.1) is 0 Å². The van der Waals surface area contributed by atoms with Crippen molar-refractivity contribution in [1.82, 2.24) is 9.88 Å². The monoisotopic (exact) mass is 747 g/mol. The number of amides is 2. The predicted octanol–water partition coefficient (Wildman–Crippen LogP) is 0.0301. The van der Waals surface area contributed by atoms with Crippen LogP contribution in [0.4, 0.5) is 15.9 Å². The fraction of sp³-hybridized carbons (Fsp3) is 0.375. The summed E-state index contributed by atoms with van der Waals surface area (Å²) in [5.74, 6) is -2.55. The van der Waals surface area contributed by atoms with E-state index in [9.17, 15) is 14.7 Å². The average molecular weight is 748 g/mol. The Morgan fingerprint density at radius 2 is 1.98 bits per heavy atom. The number of carboxylic acid groups (broad SMARTS) is 1. The van der Waals surface area contributed by atoms with Crippen LogP contribution >= 0.6 is 11.6 Å². The van der Waals surface area contributed by atoms with Crippen molar-refractivity contribution in [2.24, 2.45) is 15.3 Å². The number of quaternary nitrogens is 1. The molecule has 1 unspecified atom stereocenters. The van der Waals surface area contributed by atoms with E-state index in [2.05, 4.69) is 30.7 Å². The van der Waals surface area contributed by atoms with Crippen molar-refractivity contribution in [3.63, 3.8) is 0 Å². The molecular formula is C32H32ClFIN5O5. The van der Waals surface area contributed by atoms with Crippen molar-refractivity contribution in [1.29, 1.82) is 0 Å². The molecule has 45 heavy (non-hydrogen) atoms. The Kier molecular flexibility index (Phi) is 6.88. The fourth-order valence-corrected chi connectivity index (χ4v) is 10.2. The molecular weight excluding hydrogens is 716 g/mol. The van der Waals surface area contributed by atoms with E-state index < -0.39 is 56.5 Å². The third-order valence-electron chi connectivity index (χ3n) is 10.2. The number of methoxy groups -OCH3 is 1. The van der Waals surface area contributed by atoms with Crippen molar-refractivity contribution in [3.05, 3.63) is 82.3 Å². The van der Waals surface area contributed by atoms with Gasteiger partial charge in [0.1, 0.15) is 0 Å². The fourth-order valence-electron chi connectivity index (χ4n) is 8.59. The van der Waals surface area contributed by atoms with Crippen molar-refractivity contribution < 1.29 is 53.5 Å². The van der Waals surface area contributed by atoms with Gasteiger partial charge in [0.15, 0.2) is 0 Å². The summed E-state index contributed by atoms with van der Waals surface area (Å²) in [6.45, 7) is 6.45. The number of carbonyl (C=O) groups excluding carboxylic acids is 2. The number of nitrogens with two attached hydrogens (primary N) is 1. The minimum atomic E-state index is -1.34. The molecule has 6 atom stereocenters. The van der Waals surface area contributed by atoms with E-state index in [1.165, 1.54) is 25.3 Å². The normalized spacial score (nSPS) is 30.4. The van der Waals surface area contributed by atoms with Crippen LogP contribution in [0.25, 0.3) is 0 Å². The molecule has 3 aliphatic heterocycles. The molecule has 4 aliphatic rings. The van der Waals surface area contributed by atoms with E-state index in [1.54, 1.807) is 35.4 Å². The molecule has 236 valence electrons. The molecule has 13 heteroatoms. The van der Waals surface area contributed by atoms with Crippen molar-refractivity contribution in [2.45, 2.75) is 50.1 Å². The van der Waals surface area contributed by atoms with E-state index >= 15 is 9.18 Å². The van der Waals surface area contributed by atoms with Crippen LogP contribution in [0.3, 0.4) is 0 Å². The first-order valence-corrected chi connectivity index (χ1v) is 17.2. The van der Waals surface area contributed by atoms with Gasteiger partial charge in [-0.1, -0.05) is 0 Å². The van der Waals surface area contributed by atoms with Crippen LogP contribution in [0, 0.1) is 17.2 Å². The van der Waals surface area contributed by atoms with Gasteiger partial charge < -0.3 is 5.11 Å². The van der Waals surface area contributed by atoms with Gasteiger partial charge in [-0.25, -0.2) is 4.79 Å². The third kappa shape index (κ3) is 3.83. The average Bonchev–Trinajstić information content (AvgIpc) is 3.54. The minimum absolute atomic E-state index is 0.0147. The number of aromatic nitrogens is 1. The number of pyridine rings is 1. The van der Waals surface area contributed by atoms with E-state index in [0.29, 0.717) is 26.6 Å². The zero-order valence-electron chi connectivity index (χ0n) is 25.0. The van der Waals surface area contributed by atoms with Crippen LogP contribution < -0.4 is 38.4 Å². The van der Waals surface area contributed by atoms with Crippen LogP contribution in [0.5, 0.6) is 5.75 Å². The quantitative estimate of drug-likeness (QED) is 0.247. The number of fused-ring (bicyclic) bond motifs is 5. The van der Waals surface area contributed by atoms with Gasteiger partial charge >= 0.3 is 266 Å². The van der Waals surface area contributed by atoms with Gasteiger partial charge in [0.25, 0.3) is 0 Å². The van der Waals surface area contributed by atoms with Gasteiger partial charge in [-0.2, -0.15) is 0 Å². The molecule has 3 fully saturated rings. The molecule has 1 saturated carbocycles. The molecule has 1 aliphatic carbocycles. The number of ether oxygens (including phenoxy) is 1. The first kappa shape index (κ1) is 30.5. The van der Waals surface area contributed by atoms with Crippen molar-refractivity contribution in [3.8, 4) is 5.75 Å². The number of hydrogen-bond donors (Lipinski definition) is 3. The number of aromatic carboxylic acids is 1. The maximum absolute atomic E-state index is 16.3. The summed E-state index contributed by atoms with van der Waals surface area (Å²) in [6.07, 6.45) is 2.23. The zero-order chi connectivity index (χ0) is 32.2. The first-order valence-electron chi connectivity index (χ1n) is 14.5. The summed E-state index contributed by atoms with van der Waals surface area (Å²) in [4.78, 5) is 49.9. The molecule has 0 bridgehead atoms. The Hall–Kier alpha value is -3.17. The molecule has 7 rings (SSSR count). The van der Waals surface area contributed by atoms with Crippen LogP contribution in [0.1, 0.15) is 54.6 Å². The summed E-state index contributed by atoms with van der Waals surface area (Å²) in [7, 11) is 1.41. The molecule has 1 aromatic heterocycles. The van der Waals surface area contributed by atoms with Gasteiger partial charge in [-0.3, -0.25) is 0 Å². The number of nitrogens with one attached hydrogen (secondary N) is 1. The van der Waals surface area contributed by atoms with Gasteiger partial charge in [0.05, 0.1) is 0 Å². The number of rotatable bonds is 5. The topological polar surface area (TPSA) is 130 Å². The van der Waals surface area contributed by atoms with Gasteiger partial charge in [-0.05, 0) is 0 Å². The summed E-state index contributed by atoms with van der Waals surface area (Å²) < 4.78 is 28.7. The SMILES string of the molecule is COc1cc(C(=O)O)ccc1N1CN2[C@@H](C1=O)[C@H](c1cccc(Cl)c1F)[C@]1(C(=O)[NH+]([I-]N)c3ncccc31)[C@]21C[C@H]1C(C)(C)C. The van der Waals surface area contributed by atoms with Crippen molar-refractivity contribution >= 4 is 40.9 Å². The van der Waals surface area contributed by atoms with E-state index in [0.717, 1.165) is 0 Å². The number of anilines is 1. The second-order valence-corrected chi connectivity index (χ2v) is 15.3. The van der Waals surface area contributed by atoms with Crippen LogP contribution in [0.15, 0.2) is 54.7 Å². The third-order valence-corrected chi connectivity index (χ3v) is 12.2. The Bertz CT molecular complexity index is 1800. The van der Waals surface area contributed by atoms with E-state index in [4.69, 9.17) is 20.3 Å². The van der Waals surface area contributed by atoms with E-state index in [-0.39, 0.29) is 51.7 Å². The second kappa shape index (κ2) is 10.2. The Labute approximate surface area is 275 Å². The van der Waals surface area contributed by atoms with E-state index in [1.807, 2.05) is 6.07 Å². The second-order valence-electron chi connectivity index (χ2n) is 13.1. The molecule has 0 radical (unpaired) electrons. The Morgan fingerprint density at radius 1 is 1.22 bits per heavy atom. The summed E-state index contributed by atoms with van der Waals surface area (Å²) in [5.41, 5.74) is -1.20. The first-order chi connectivity index (χ1) is 21.4. The predicted molar refractivity (Wildman–Crippen MR) is 158 cm³/mol. The summed E-state index contributed by atoms with van der Waals surface area (Å²) in [6, 6.07) is 11.8. The van der Waals surface area contributed by atoms with Crippen LogP contribution in [-0.2, 0) is 15.0 Å². The molecule has 2 saturated heterocycles. The number of carbonyl (C=O) groups is 3. The molecule has 2 aromatic carbocycles. The summed E-state index contributed by atoms with van der Waals surface area (Å²) >= 11 is 5.17. The van der Waals surface area contributed by atoms with Gasteiger partial charge in [0, 0.05) is 0 Å². The zero-order valence-corrected chi connectivity index (χ0v) is 27.9. The van der Waals surface area contributed by atoms with Crippen LogP contribution in [-0.4, -0.2) is 58.1 Å². The number of benzene rings is 2. The molecule has 10 nitrogen and oxygen atoms in total. The molecule has 4 N–H and O–H groups in total.